The van der Waals surface area contributed by atoms with Crippen molar-refractivity contribution in [3.8, 4) is 0 Å². The van der Waals surface area contributed by atoms with Crippen molar-refractivity contribution in [2.45, 2.75) is 45.1 Å². The van der Waals surface area contributed by atoms with Crippen molar-refractivity contribution in [3.05, 3.63) is 12.7 Å². The Balaban J connectivity index is 2.77. The predicted molar refractivity (Wildman–Crippen MR) is 47.4 cm³/mol. The molecule has 1 saturated carbocycles. The molecule has 0 aromatic heterocycles. The Bertz CT molecular complexity index is 152. The second kappa shape index (κ2) is 2.63. The maximum atomic E-state index is 10.1. The lowest BCUT2D eigenvalue weighted by Gasteiger charge is -2.37. The van der Waals surface area contributed by atoms with Crippen LogP contribution in [-0.2, 0) is 0 Å². The lowest BCUT2D eigenvalue weighted by Crippen LogP contribution is -2.40. The number of rotatable bonds is 2. The fraction of sp³-hybridized carbons (Fsp3) is 0.800. The molecule has 1 heteroatoms. The number of hydrogen-bond acceptors (Lipinski definition) is 1. The molecule has 1 N–H and O–H groups in total. The van der Waals surface area contributed by atoms with E-state index in [1.165, 1.54) is 0 Å². The van der Waals surface area contributed by atoms with Crippen LogP contribution < -0.4 is 0 Å². The minimum atomic E-state index is -0.477. The van der Waals surface area contributed by atoms with E-state index >= 15 is 0 Å². The molecule has 0 aromatic rings. The third kappa shape index (κ3) is 1.34. The Hall–Kier alpha value is -0.300. The Morgan fingerprint density at radius 1 is 1.36 bits per heavy atom. The van der Waals surface area contributed by atoms with Crippen LogP contribution in [0.1, 0.15) is 39.5 Å². The Kier molecular flexibility index (Phi) is 2.10. The molecule has 11 heavy (non-hydrogen) atoms. The van der Waals surface area contributed by atoms with Crippen molar-refractivity contribution in [2.24, 2.45) is 5.41 Å². The summed E-state index contributed by atoms with van der Waals surface area (Å²) < 4.78 is 0. The molecule has 64 valence electrons. The third-order valence-electron chi connectivity index (χ3n) is 3.14. The molecule has 1 rings (SSSR count). The summed E-state index contributed by atoms with van der Waals surface area (Å²) in [5, 5.41) is 10.1. The minimum Gasteiger partial charge on any atom is -0.389 e. The molecule has 1 nitrogen and oxygen atoms in total. The molecule has 1 aliphatic rings. The molecule has 1 aliphatic carbocycles. The smallest absolute Gasteiger partial charge is 0.0732 e. The second-order valence-electron chi connectivity index (χ2n) is 4.16. The van der Waals surface area contributed by atoms with E-state index in [4.69, 9.17) is 0 Å². The van der Waals surface area contributed by atoms with E-state index in [-0.39, 0.29) is 5.41 Å². The monoisotopic (exact) mass is 154 g/mol. The largest absolute Gasteiger partial charge is 0.389 e. The maximum Gasteiger partial charge on any atom is 0.0732 e. The molecule has 0 aliphatic heterocycles. The van der Waals surface area contributed by atoms with Crippen molar-refractivity contribution in [1.29, 1.82) is 0 Å². The topological polar surface area (TPSA) is 20.2 Å². The Morgan fingerprint density at radius 3 is 2.18 bits per heavy atom. The van der Waals surface area contributed by atoms with Gasteiger partial charge in [-0.05, 0) is 12.8 Å². The fourth-order valence-corrected chi connectivity index (χ4v) is 1.79. The Labute approximate surface area is 69.1 Å². The van der Waals surface area contributed by atoms with Gasteiger partial charge in [-0.2, -0.15) is 0 Å². The van der Waals surface area contributed by atoms with E-state index in [9.17, 15) is 5.11 Å². The van der Waals surface area contributed by atoms with Gasteiger partial charge in [0.25, 0.3) is 0 Å². The summed E-state index contributed by atoms with van der Waals surface area (Å²) in [7, 11) is 0. The lowest BCUT2D eigenvalue weighted by atomic mass is 9.74. The number of hydrogen-bond donors (Lipinski definition) is 1. The van der Waals surface area contributed by atoms with E-state index < -0.39 is 5.60 Å². The van der Waals surface area contributed by atoms with Gasteiger partial charge < -0.3 is 5.11 Å². The van der Waals surface area contributed by atoms with E-state index in [0.29, 0.717) is 0 Å². The van der Waals surface area contributed by atoms with Crippen LogP contribution in [0.2, 0.25) is 0 Å². The maximum absolute atomic E-state index is 10.1. The first-order valence-electron chi connectivity index (χ1n) is 4.38. The second-order valence-corrected chi connectivity index (χ2v) is 4.16. The molecule has 0 spiro atoms. The van der Waals surface area contributed by atoms with Gasteiger partial charge >= 0.3 is 0 Å². The zero-order chi connectivity index (χ0) is 8.54. The van der Waals surface area contributed by atoms with Gasteiger partial charge in [-0.3, -0.25) is 0 Å². The fourth-order valence-electron chi connectivity index (χ4n) is 1.79. The van der Waals surface area contributed by atoms with Gasteiger partial charge in [0.1, 0.15) is 0 Å². The van der Waals surface area contributed by atoms with Crippen molar-refractivity contribution < 1.29 is 5.11 Å². The molecule has 0 amide bonds. The van der Waals surface area contributed by atoms with Crippen molar-refractivity contribution >= 4 is 0 Å². The molecule has 0 bridgehead atoms. The highest BCUT2D eigenvalue weighted by molar-refractivity contribution is 5.05. The van der Waals surface area contributed by atoms with Gasteiger partial charge in [-0.15, -0.1) is 6.58 Å². The first kappa shape index (κ1) is 8.79. The van der Waals surface area contributed by atoms with Crippen LogP contribution in [0.3, 0.4) is 0 Å². The molecule has 0 saturated heterocycles. The minimum absolute atomic E-state index is 0.122. The standard InChI is InChI=1S/C10H18O/c1-4-9(2,3)10(11)7-5-6-8-10/h4,11H,1,5-8H2,2-3H3. The SMILES string of the molecule is C=CC(C)(C)C1(O)CCCC1. The third-order valence-corrected chi connectivity index (χ3v) is 3.14. The first-order chi connectivity index (χ1) is 5.02. The molecular weight excluding hydrogens is 136 g/mol. The summed E-state index contributed by atoms with van der Waals surface area (Å²) in [6.45, 7) is 7.88. The molecule has 0 radical (unpaired) electrons. The quantitative estimate of drug-likeness (QED) is 0.606. The highest BCUT2D eigenvalue weighted by Crippen LogP contribution is 2.43. The molecule has 1 fully saturated rings. The highest BCUT2D eigenvalue weighted by Gasteiger charge is 2.43. The normalized spacial score (nSPS) is 23.5. The summed E-state index contributed by atoms with van der Waals surface area (Å²) >= 11 is 0. The van der Waals surface area contributed by atoms with Crippen LogP contribution in [0, 0.1) is 5.41 Å². The van der Waals surface area contributed by atoms with Crippen LogP contribution in [0.5, 0.6) is 0 Å². The average Bonchev–Trinajstić information content (AvgIpc) is 2.38. The molecule has 0 unspecified atom stereocenters. The van der Waals surface area contributed by atoms with E-state index in [1.807, 2.05) is 6.08 Å². The van der Waals surface area contributed by atoms with Gasteiger partial charge in [0.2, 0.25) is 0 Å². The molecular formula is C10H18O. The summed E-state index contributed by atoms with van der Waals surface area (Å²) in [5.41, 5.74) is -0.599. The van der Waals surface area contributed by atoms with Crippen LogP contribution in [0.4, 0.5) is 0 Å². The van der Waals surface area contributed by atoms with E-state index in [1.54, 1.807) is 0 Å². The zero-order valence-electron chi connectivity index (χ0n) is 7.56. The van der Waals surface area contributed by atoms with Crippen LogP contribution in [-0.4, -0.2) is 10.7 Å². The lowest BCUT2D eigenvalue weighted by molar-refractivity contribution is -0.0357. The summed E-state index contributed by atoms with van der Waals surface area (Å²) in [5.74, 6) is 0. The van der Waals surface area contributed by atoms with Crippen molar-refractivity contribution in [2.75, 3.05) is 0 Å². The van der Waals surface area contributed by atoms with Crippen molar-refractivity contribution in [3.63, 3.8) is 0 Å². The average molecular weight is 154 g/mol. The Morgan fingerprint density at radius 2 is 1.82 bits per heavy atom. The first-order valence-corrected chi connectivity index (χ1v) is 4.38. The molecule has 0 atom stereocenters. The van der Waals surface area contributed by atoms with Gasteiger partial charge in [0.15, 0.2) is 0 Å². The van der Waals surface area contributed by atoms with Gasteiger partial charge in [-0.25, -0.2) is 0 Å². The van der Waals surface area contributed by atoms with E-state index in [0.717, 1.165) is 25.7 Å². The molecule has 0 aromatic carbocycles. The zero-order valence-corrected chi connectivity index (χ0v) is 7.56. The summed E-state index contributed by atoms with van der Waals surface area (Å²) in [6.07, 6.45) is 6.07. The molecule has 0 heterocycles. The van der Waals surface area contributed by atoms with Crippen LogP contribution in [0.25, 0.3) is 0 Å². The van der Waals surface area contributed by atoms with Gasteiger partial charge in [0, 0.05) is 5.41 Å². The van der Waals surface area contributed by atoms with Gasteiger partial charge in [0.05, 0.1) is 5.60 Å². The van der Waals surface area contributed by atoms with Gasteiger partial charge in [-0.1, -0.05) is 32.8 Å². The van der Waals surface area contributed by atoms with Crippen LogP contribution in [0.15, 0.2) is 12.7 Å². The predicted octanol–water partition coefficient (Wildman–Crippen LogP) is 2.50. The van der Waals surface area contributed by atoms with Crippen molar-refractivity contribution in [1.82, 2.24) is 0 Å². The number of aliphatic hydroxyl groups is 1. The van der Waals surface area contributed by atoms with E-state index in [2.05, 4.69) is 20.4 Å². The highest BCUT2D eigenvalue weighted by atomic mass is 16.3. The summed E-state index contributed by atoms with van der Waals surface area (Å²) in [6, 6.07) is 0. The van der Waals surface area contributed by atoms with Crippen LogP contribution >= 0.6 is 0 Å². The summed E-state index contributed by atoms with van der Waals surface area (Å²) in [4.78, 5) is 0.